The van der Waals surface area contributed by atoms with Crippen LogP contribution in [0.5, 0.6) is 0 Å². The molecule has 8 heteroatoms. The highest BCUT2D eigenvalue weighted by Gasteiger charge is 2.32. The highest BCUT2D eigenvalue weighted by atomic mass is 19.4. The molecule has 1 aromatic rings. The zero-order chi connectivity index (χ0) is 16.9. The summed E-state index contributed by atoms with van der Waals surface area (Å²) in [5, 5.41) is 12.1. The zero-order valence-electron chi connectivity index (χ0n) is 12.4. The van der Waals surface area contributed by atoms with Crippen LogP contribution in [0.3, 0.4) is 0 Å². The minimum Gasteiger partial charge on any atom is -0.440 e. The van der Waals surface area contributed by atoms with Crippen LogP contribution >= 0.6 is 0 Å². The van der Waals surface area contributed by atoms with Crippen LogP contribution in [0.25, 0.3) is 0 Å². The molecule has 0 spiro atoms. The van der Waals surface area contributed by atoms with Crippen LogP contribution < -0.4 is 5.32 Å². The number of aliphatic hydroxyl groups excluding tert-OH is 1. The van der Waals surface area contributed by atoms with E-state index < -0.39 is 25.0 Å². The lowest BCUT2D eigenvalue weighted by Gasteiger charge is -2.24. The fraction of sp³-hybridized carbons (Fsp3) is 0.533. The minimum atomic E-state index is -4.54. The number of β-amino-alcohol motifs (C(OH)–C–C–N with tert-alkyl or cyclic N) is 1. The van der Waals surface area contributed by atoms with Crippen molar-refractivity contribution in [3.63, 3.8) is 0 Å². The molecule has 2 atom stereocenters. The highest BCUT2D eigenvalue weighted by Crippen LogP contribution is 2.20. The van der Waals surface area contributed by atoms with Crippen molar-refractivity contribution < 1.29 is 27.8 Å². The minimum absolute atomic E-state index is 0.126. The number of alkyl halides is 3. The molecule has 0 saturated carbocycles. The standard InChI is InChI=1S/C15H19F3N2O3/c16-15(17,18)10-23-14(22)19-7-12-6-13(21)9-20(12)8-11-4-2-1-3-5-11/h1-5,12-13,21H,6-10H2,(H,19,22)/t12-,13-/m1/s1. The van der Waals surface area contributed by atoms with Crippen molar-refractivity contribution in [1.29, 1.82) is 0 Å². The van der Waals surface area contributed by atoms with Crippen LogP contribution in [0.4, 0.5) is 18.0 Å². The van der Waals surface area contributed by atoms with Crippen molar-refractivity contribution >= 4 is 6.09 Å². The Morgan fingerprint density at radius 2 is 2.04 bits per heavy atom. The number of likely N-dealkylation sites (tertiary alicyclic amines) is 1. The van der Waals surface area contributed by atoms with E-state index in [1.54, 1.807) is 0 Å². The number of carbonyl (C=O) groups excluding carboxylic acids is 1. The van der Waals surface area contributed by atoms with E-state index in [2.05, 4.69) is 10.1 Å². The van der Waals surface area contributed by atoms with Crippen molar-refractivity contribution in [2.45, 2.75) is 31.3 Å². The van der Waals surface area contributed by atoms with Gasteiger partial charge in [0.25, 0.3) is 0 Å². The average molecular weight is 332 g/mol. The lowest BCUT2D eigenvalue weighted by Crippen LogP contribution is -2.40. The number of amides is 1. The molecule has 1 saturated heterocycles. The van der Waals surface area contributed by atoms with E-state index in [1.807, 2.05) is 35.2 Å². The summed E-state index contributed by atoms with van der Waals surface area (Å²) < 4.78 is 40.0. The Morgan fingerprint density at radius 3 is 2.70 bits per heavy atom. The molecule has 2 rings (SSSR count). The number of halogens is 3. The van der Waals surface area contributed by atoms with E-state index in [4.69, 9.17) is 0 Å². The van der Waals surface area contributed by atoms with E-state index in [1.165, 1.54) is 0 Å². The maximum absolute atomic E-state index is 12.0. The number of carbonyl (C=O) groups is 1. The fourth-order valence-electron chi connectivity index (χ4n) is 2.58. The summed E-state index contributed by atoms with van der Waals surface area (Å²) >= 11 is 0. The first kappa shape index (κ1) is 17.6. The summed E-state index contributed by atoms with van der Waals surface area (Å²) in [6.45, 7) is -0.429. The number of aliphatic hydroxyl groups is 1. The van der Waals surface area contributed by atoms with Gasteiger partial charge in [-0.05, 0) is 12.0 Å². The summed E-state index contributed by atoms with van der Waals surface area (Å²) in [6, 6.07) is 9.47. The summed E-state index contributed by atoms with van der Waals surface area (Å²) in [4.78, 5) is 13.3. The van der Waals surface area contributed by atoms with Gasteiger partial charge in [0, 0.05) is 25.7 Å². The normalized spacial score (nSPS) is 22.1. The molecule has 1 aromatic carbocycles. The number of rotatable bonds is 5. The van der Waals surface area contributed by atoms with Gasteiger partial charge in [-0.3, -0.25) is 4.90 Å². The van der Waals surface area contributed by atoms with Gasteiger partial charge in [0.15, 0.2) is 6.61 Å². The molecule has 23 heavy (non-hydrogen) atoms. The number of hydrogen-bond donors (Lipinski definition) is 2. The lowest BCUT2D eigenvalue weighted by molar-refractivity contribution is -0.160. The Kier molecular flexibility index (Phi) is 5.84. The molecule has 0 aromatic heterocycles. The third-order valence-corrected chi connectivity index (χ3v) is 3.58. The van der Waals surface area contributed by atoms with Crippen LogP contribution in [0.15, 0.2) is 30.3 Å². The summed E-state index contributed by atoms with van der Waals surface area (Å²) in [5.41, 5.74) is 1.06. The van der Waals surface area contributed by atoms with Crippen LogP contribution in [0.1, 0.15) is 12.0 Å². The van der Waals surface area contributed by atoms with E-state index in [0.29, 0.717) is 19.5 Å². The van der Waals surface area contributed by atoms with Gasteiger partial charge in [-0.2, -0.15) is 13.2 Å². The van der Waals surface area contributed by atoms with Crippen molar-refractivity contribution in [3.05, 3.63) is 35.9 Å². The summed E-state index contributed by atoms with van der Waals surface area (Å²) in [7, 11) is 0. The van der Waals surface area contributed by atoms with Gasteiger partial charge in [-0.25, -0.2) is 4.79 Å². The molecular formula is C15H19F3N2O3. The summed E-state index contributed by atoms with van der Waals surface area (Å²) in [5.74, 6) is 0. The van der Waals surface area contributed by atoms with Gasteiger partial charge < -0.3 is 15.2 Å². The van der Waals surface area contributed by atoms with Crippen LogP contribution in [0, 0.1) is 0 Å². The van der Waals surface area contributed by atoms with E-state index in [0.717, 1.165) is 5.56 Å². The molecule has 1 aliphatic heterocycles. The SMILES string of the molecule is O=C(NC[C@H]1C[C@@H](O)CN1Cc1ccccc1)OCC(F)(F)F. The maximum atomic E-state index is 12.0. The van der Waals surface area contributed by atoms with Gasteiger partial charge in [0.05, 0.1) is 6.10 Å². The molecule has 0 bridgehead atoms. The van der Waals surface area contributed by atoms with E-state index in [-0.39, 0.29) is 12.6 Å². The molecule has 0 radical (unpaired) electrons. The molecule has 2 N–H and O–H groups in total. The Morgan fingerprint density at radius 1 is 1.35 bits per heavy atom. The average Bonchev–Trinajstić information content (AvgIpc) is 2.83. The second-order valence-corrected chi connectivity index (χ2v) is 5.53. The third kappa shape index (κ3) is 6.07. The van der Waals surface area contributed by atoms with Gasteiger partial charge in [0.2, 0.25) is 0 Å². The second-order valence-electron chi connectivity index (χ2n) is 5.53. The first-order chi connectivity index (χ1) is 10.8. The molecule has 0 unspecified atom stereocenters. The molecule has 128 valence electrons. The van der Waals surface area contributed by atoms with Gasteiger partial charge in [0.1, 0.15) is 0 Å². The Bertz CT molecular complexity index is 510. The molecule has 1 amide bonds. The third-order valence-electron chi connectivity index (χ3n) is 3.58. The molecule has 5 nitrogen and oxygen atoms in total. The zero-order valence-corrected chi connectivity index (χ0v) is 12.4. The first-order valence-electron chi connectivity index (χ1n) is 7.27. The van der Waals surface area contributed by atoms with Gasteiger partial charge in [-0.1, -0.05) is 30.3 Å². The number of hydrogen-bond acceptors (Lipinski definition) is 4. The Balaban J connectivity index is 1.81. The quantitative estimate of drug-likeness (QED) is 0.865. The molecule has 0 aliphatic carbocycles. The Hall–Kier alpha value is -1.80. The smallest absolute Gasteiger partial charge is 0.422 e. The largest absolute Gasteiger partial charge is 0.440 e. The van der Waals surface area contributed by atoms with Gasteiger partial charge in [-0.15, -0.1) is 0 Å². The van der Waals surface area contributed by atoms with E-state index in [9.17, 15) is 23.1 Å². The first-order valence-corrected chi connectivity index (χ1v) is 7.27. The number of nitrogens with zero attached hydrogens (tertiary/aromatic N) is 1. The second kappa shape index (κ2) is 7.65. The van der Waals surface area contributed by atoms with Crippen molar-refractivity contribution in [2.75, 3.05) is 19.7 Å². The fourth-order valence-corrected chi connectivity index (χ4v) is 2.58. The summed E-state index contributed by atoms with van der Waals surface area (Å²) in [6.07, 6.45) is -5.72. The monoisotopic (exact) mass is 332 g/mol. The number of benzene rings is 1. The molecular weight excluding hydrogens is 313 g/mol. The lowest BCUT2D eigenvalue weighted by atomic mass is 10.1. The van der Waals surface area contributed by atoms with Crippen LogP contribution in [0.2, 0.25) is 0 Å². The number of alkyl carbamates (subject to hydrolysis) is 1. The van der Waals surface area contributed by atoms with Crippen LogP contribution in [-0.4, -0.2) is 54.1 Å². The predicted molar refractivity (Wildman–Crippen MR) is 76.7 cm³/mol. The topological polar surface area (TPSA) is 61.8 Å². The Labute approximate surface area is 132 Å². The van der Waals surface area contributed by atoms with Gasteiger partial charge >= 0.3 is 12.3 Å². The molecule has 1 aliphatic rings. The number of nitrogens with one attached hydrogen (secondary N) is 1. The molecule has 1 heterocycles. The van der Waals surface area contributed by atoms with Crippen LogP contribution in [-0.2, 0) is 11.3 Å². The van der Waals surface area contributed by atoms with Crippen molar-refractivity contribution in [2.24, 2.45) is 0 Å². The van der Waals surface area contributed by atoms with Crippen molar-refractivity contribution in [3.8, 4) is 0 Å². The van der Waals surface area contributed by atoms with E-state index >= 15 is 0 Å². The highest BCUT2D eigenvalue weighted by molar-refractivity contribution is 5.67. The van der Waals surface area contributed by atoms with Crippen molar-refractivity contribution in [1.82, 2.24) is 10.2 Å². The predicted octanol–water partition coefficient (Wildman–Crippen LogP) is 1.91. The number of ether oxygens (including phenoxy) is 1. The maximum Gasteiger partial charge on any atom is 0.422 e. The molecule has 1 fully saturated rings.